The zero-order chi connectivity index (χ0) is 14.6. The highest BCUT2D eigenvalue weighted by Crippen LogP contribution is 2.19. The molecule has 0 bridgehead atoms. The van der Waals surface area contributed by atoms with Crippen LogP contribution in [0.5, 0.6) is 0 Å². The number of hydrogen-bond donors (Lipinski definition) is 0. The summed E-state index contributed by atoms with van der Waals surface area (Å²) in [7, 11) is -1.24. The Hall–Kier alpha value is 0.354. The molecule has 0 aromatic carbocycles. The average Bonchev–Trinajstić information content (AvgIpc) is 1.93. The molecular weight excluding hydrogens is 256 g/mol. The maximum Gasteiger partial charge on any atom is 0.136 e. The highest BCUT2D eigenvalue weighted by Gasteiger charge is 2.25. The van der Waals surface area contributed by atoms with Crippen LogP contribution in [-0.4, -0.2) is 34.7 Å². The van der Waals surface area contributed by atoms with Crippen molar-refractivity contribution in [3.05, 3.63) is 0 Å². The van der Waals surface area contributed by atoms with E-state index in [4.69, 9.17) is 9.47 Å². The van der Waals surface area contributed by atoms with Crippen molar-refractivity contribution in [1.82, 2.24) is 0 Å². The quantitative estimate of drug-likeness (QED) is 0.547. The van der Waals surface area contributed by atoms with Gasteiger partial charge < -0.3 is 9.47 Å². The van der Waals surface area contributed by atoms with E-state index in [1.165, 1.54) is 12.1 Å². The van der Waals surface area contributed by atoms with Crippen molar-refractivity contribution in [1.29, 1.82) is 0 Å². The van der Waals surface area contributed by atoms with Crippen LogP contribution in [0.15, 0.2) is 0 Å². The molecule has 0 saturated carbocycles. The molecule has 110 valence electrons. The van der Waals surface area contributed by atoms with E-state index in [1.807, 2.05) is 0 Å². The SMILES string of the molecule is CC(C)(C)OC(OC(C)(C)C)[SiH2]CC[Si](C)(C)C. The molecule has 0 atom stereocenters. The van der Waals surface area contributed by atoms with Gasteiger partial charge in [0.25, 0.3) is 0 Å². The number of hydrogen-bond acceptors (Lipinski definition) is 2. The van der Waals surface area contributed by atoms with Crippen LogP contribution in [0.3, 0.4) is 0 Å². The smallest absolute Gasteiger partial charge is 0.136 e. The van der Waals surface area contributed by atoms with Crippen LogP contribution in [0.2, 0.25) is 31.7 Å². The maximum absolute atomic E-state index is 6.08. The first-order chi connectivity index (χ1) is 7.79. The molecule has 0 aliphatic carbocycles. The first-order valence-corrected chi connectivity index (χ1v) is 12.7. The standard InChI is InChI=1S/C14H34O2Si2/c1-13(2,3)15-12(16-14(4,5)6)17-10-11-18(7,8)9/h12H,10-11,17H2,1-9H3. The second-order valence-electron chi connectivity index (χ2n) is 8.34. The summed E-state index contributed by atoms with van der Waals surface area (Å²) in [4.78, 5) is 0. The highest BCUT2D eigenvalue weighted by atomic mass is 28.3. The van der Waals surface area contributed by atoms with Crippen LogP contribution in [0.25, 0.3) is 0 Å². The van der Waals surface area contributed by atoms with Gasteiger partial charge >= 0.3 is 0 Å². The normalized spacial score (nSPS) is 15.0. The molecular formula is C14H34O2Si2. The predicted octanol–water partition coefficient (Wildman–Crippen LogP) is 3.83. The number of rotatable bonds is 6. The minimum absolute atomic E-state index is 0.0568. The highest BCUT2D eigenvalue weighted by molar-refractivity contribution is 6.76. The van der Waals surface area contributed by atoms with E-state index in [2.05, 4.69) is 61.2 Å². The van der Waals surface area contributed by atoms with Gasteiger partial charge in [0.15, 0.2) is 0 Å². The Morgan fingerprint density at radius 2 is 1.28 bits per heavy atom. The Labute approximate surface area is 118 Å². The molecule has 0 heterocycles. The van der Waals surface area contributed by atoms with Crippen LogP contribution >= 0.6 is 0 Å². The molecule has 0 N–H and O–H groups in total. The Kier molecular flexibility index (Phi) is 6.81. The third-order valence-electron chi connectivity index (χ3n) is 2.34. The molecule has 0 aromatic heterocycles. The van der Waals surface area contributed by atoms with E-state index in [0.717, 1.165) is 0 Å². The van der Waals surface area contributed by atoms with Gasteiger partial charge in [0.05, 0.1) is 20.7 Å². The molecule has 2 nitrogen and oxygen atoms in total. The van der Waals surface area contributed by atoms with Gasteiger partial charge in [-0.2, -0.15) is 0 Å². The van der Waals surface area contributed by atoms with E-state index in [-0.39, 0.29) is 26.6 Å². The molecule has 0 radical (unpaired) electrons. The van der Waals surface area contributed by atoms with E-state index in [1.54, 1.807) is 0 Å². The summed E-state index contributed by atoms with van der Waals surface area (Å²) in [5, 5.41) is 0. The molecule has 0 spiro atoms. The molecule has 0 fully saturated rings. The average molecular weight is 291 g/mol. The minimum atomic E-state index is -0.918. The first-order valence-electron chi connectivity index (χ1n) is 7.14. The summed E-state index contributed by atoms with van der Waals surface area (Å²) < 4.78 is 12.2. The molecule has 0 rings (SSSR count). The molecule has 0 aromatic rings. The van der Waals surface area contributed by atoms with Crippen LogP contribution in [0, 0.1) is 0 Å². The summed E-state index contributed by atoms with van der Waals surface area (Å²) in [5.74, 6) is 0.0568. The van der Waals surface area contributed by atoms with Crippen molar-refractivity contribution in [2.24, 2.45) is 0 Å². The summed E-state index contributed by atoms with van der Waals surface area (Å²) in [6.45, 7) is 20.0. The zero-order valence-corrected chi connectivity index (χ0v) is 16.4. The van der Waals surface area contributed by atoms with Crippen LogP contribution in [0.4, 0.5) is 0 Å². The fraction of sp³-hybridized carbons (Fsp3) is 1.00. The fourth-order valence-corrected chi connectivity index (χ4v) is 8.36. The molecule has 0 amide bonds. The number of ether oxygens (including phenoxy) is 2. The second-order valence-corrected chi connectivity index (χ2v) is 15.9. The summed E-state index contributed by atoms with van der Waals surface area (Å²) in [5.41, 5.74) is -0.218. The lowest BCUT2D eigenvalue weighted by Gasteiger charge is -2.33. The van der Waals surface area contributed by atoms with E-state index < -0.39 is 8.07 Å². The van der Waals surface area contributed by atoms with Crippen LogP contribution in [0.1, 0.15) is 41.5 Å². The van der Waals surface area contributed by atoms with Crippen molar-refractivity contribution < 1.29 is 9.47 Å². The third kappa shape index (κ3) is 12.8. The predicted molar refractivity (Wildman–Crippen MR) is 87.0 cm³/mol. The van der Waals surface area contributed by atoms with Crippen molar-refractivity contribution in [3.63, 3.8) is 0 Å². The second kappa shape index (κ2) is 6.68. The fourth-order valence-electron chi connectivity index (χ4n) is 1.73. The third-order valence-corrected chi connectivity index (χ3v) is 6.46. The zero-order valence-electron chi connectivity index (χ0n) is 14.0. The minimum Gasteiger partial charge on any atom is -0.352 e. The lowest BCUT2D eigenvalue weighted by atomic mass is 10.2. The monoisotopic (exact) mass is 290 g/mol. The van der Waals surface area contributed by atoms with Gasteiger partial charge in [0.2, 0.25) is 0 Å². The van der Waals surface area contributed by atoms with E-state index in [0.29, 0.717) is 0 Å². The Bertz CT molecular complexity index is 218. The van der Waals surface area contributed by atoms with Crippen molar-refractivity contribution >= 4 is 17.6 Å². The molecule has 18 heavy (non-hydrogen) atoms. The molecule has 0 aliphatic heterocycles. The summed E-state index contributed by atoms with van der Waals surface area (Å²) in [6.07, 6.45) is 0. The molecule has 0 aliphatic rings. The van der Waals surface area contributed by atoms with Gasteiger partial charge in [-0.1, -0.05) is 31.7 Å². The molecule has 4 heteroatoms. The van der Waals surface area contributed by atoms with Gasteiger partial charge in [0, 0.05) is 8.07 Å². The van der Waals surface area contributed by atoms with Crippen LogP contribution in [-0.2, 0) is 9.47 Å². The van der Waals surface area contributed by atoms with Crippen molar-refractivity contribution in [2.45, 2.75) is 90.4 Å². The lowest BCUT2D eigenvalue weighted by molar-refractivity contribution is -0.193. The van der Waals surface area contributed by atoms with Gasteiger partial charge in [-0.25, -0.2) is 0 Å². The Morgan fingerprint density at radius 1 is 0.889 bits per heavy atom. The van der Waals surface area contributed by atoms with Crippen LogP contribution < -0.4 is 0 Å². The largest absolute Gasteiger partial charge is 0.352 e. The Balaban J connectivity index is 4.31. The summed E-state index contributed by atoms with van der Waals surface area (Å²) >= 11 is 0. The summed E-state index contributed by atoms with van der Waals surface area (Å²) in [6, 6.07) is 2.74. The van der Waals surface area contributed by atoms with Gasteiger partial charge in [0.1, 0.15) is 5.91 Å². The van der Waals surface area contributed by atoms with Crippen molar-refractivity contribution in [3.8, 4) is 0 Å². The Morgan fingerprint density at radius 3 is 1.56 bits per heavy atom. The van der Waals surface area contributed by atoms with Gasteiger partial charge in [-0.15, -0.1) is 0 Å². The van der Waals surface area contributed by atoms with E-state index >= 15 is 0 Å². The maximum atomic E-state index is 6.08. The van der Waals surface area contributed by atoms with Gasteiger partial charge in [-0.3, -0.25) is 0 Å². The molecule has 0 unspecified atom stereocenters. The van der Waals surface area contributed by atoms with E-state index in [9.17, 15) is 0 Å². The molecule has 0 saturated heterocycles. The van der Waals surface area contributed by atoms with Gasteiger partial charge in [-0.05, 0) is 41.5 Å². The first kappa shape index (κ1) is 18.4. The van der Waals surface area contributed by atoms with Crippen molar-refractivity contribution in [2.75, 3.05) is 0 Å². The topological polar surface area (TPSA) is 18.5 Å². The lowest BCUT2D eigenvalue weighted by Crippen LogP contribution is -2.39.